The summed E-state index contributed by atoms with van der Waals surface area (Å²) in [6, 6.07) is 14.2. The summed E-state index contributed by atoms with van der Waals surface area (Å²) < 4.78 is 22.9. The van der Waals surface area contributed by atoms with Crippen LogP contribution in [-0.2, 0) is 16.6 Å². The van der Waals surface area contributed by atoms with E-state index >= 15 is 0 Å². The van der Waals surface area contributed by atoms with Crippen molar-refractivity contribution in [2.45, 2.75) is 11.4 Å². The van der Waals surface area contributed by atoms with Crippen molar-refractivity contribution in [2.24, 2.45) is 15.9 Å². The molecular weight excluding hydrogens is 513 g/mol. The van der Waals surface area contributed by atoms with E-state index < -0.39 is 10.0 Å². The fourth-order valence-electron chi connectivity index (χ4n) is 2.94. The number of piperazine rings is 1. The van der Waals surface area contributed by atoms with Crippen molar-refractivity contribution in [1.82, 2.24) is 4.90 Å². The van der Waals surface area contributed by atoms with Gasteiger partial charge in [0.05, 0.1) is 11.4 Å². The van der Waals surface area contributed by atoms with Crippen LogP contribution in [0.3, 0.4) is 0 Å². The van der Waals surface area contributed by atoms with Gasteiger partial charge < -0.3 is 15.5 Å². The fraction of sp³-hybridized carbons (Fsp3) is 0.278. The SMILES string of the molecule is I.NC(=NCc1cccc(S(N)(=O)=O)c1)N1CCN(c2ccc(Cl)cc2)CC1. The van der Waals surface area contributed by atoms with Crippen LogP contribution in [0.25, 0.3) is 0 Å². The van der Waals surface area contributed by atoms with Gasteiger partial charge in [0.25, 0.3) is 0 Å². The lowest BCUT2D eigenvalue weighted by molar-refractivity contribution is 0.380. The Labute approximate surface area is 187 Å². The fourth-order valence-corrected chi connectivity index (χ4v) is 3.65. The van der Waals surface area contributed by atoms with E-state index in [0.29, 0.717) is 12.5 Å². The molecule has 0 atom stereocenters. The molecule has 0 aromatic heterocycles. The maximum Gasteiger partial charge on any atom is 0.238 e. The summed E-state index contributed by atoms with van der Waals surface area (Å²) in [4.78, 5) is 8.77. The highest BCUT2D eigenvalue weighted by Gasteiger charge is 2.18. The first-order valence-corrected chi connectivity index (χ1v) is 10.4. The first kappa shape index (κ1) is 22.7. The first-order valence-electron chi connectivity index (χ1n) is 8.50. The summed E-state index contributed by atoms with van der Waals surface area (Å²) in [6.45, 7) is 3.48. The average Bonchev–Trinajstić information content (AvgIpc) is 2.66. The standard InChI is InChI=1S/C18H22ClN5O2S.HI/c19-15-4-6-16(7-5-15)23-8-10-24(11-9-23)18(20)22-13-14-2-1-3-17(12-14)27(21,25)26;/h1-7,12H,8-11,13H2,(H2,20,22)(H2,21,25,26);1H. The van der Waals surface area contributed by atoms with E-state index in [1.54, 1.807) is 12.1 Å². The molecule has 2 aromatic rings. The van der Waals surface area contributed by atoms with Crippen molar-refractivity contribution < 1.29 is 8.42 Å². The number of nitrogens with two attached hydrogens (primary N) is 2. The topological polar surface area (TPSA) is 105 Å². The van der Waals surface area contributed by atoms with E-state index in [0.717, 1.165) is 42.5 Å². The van der Waals surface area contributed by atoms with E-state index in [2.05, 4.69) is 9.89 Å². The van der Waals surface area contributed by atoms with Crippen molar-refractivity contribution in [3.8, 4) is 0 Å². The van der Waals surface area contributed by atoms with Crippen molar-refractivity contribution in [3.63, 3.8) is 0 Å². The van der Waals surface area contributed by atoms with Gasteiger partial charge in [-0.2, -0.15) is 0 Å². The Hall–Kier alpha value is -1.56. The molecule has 1 aliphatic heterocycles. The molecule has 0 saturated carbocycles. The molecular formula is C18H23ClIN5O2S. The van der Waals surface area contributed by atoms with Gasteiger partial charge >= 0.3 is 0 Å². The molecule has 0 unspecified atom stereocenters. The molecule has 0 aliphatic carbocycles. The van der Waals surface area contributed by atoms with Gasteiger partial charge in [0.2, 0.25) is 10.0 Å². The molecule has 0 amide bonds. The number of anilines is 1. The summed E-state index contributed by atoms with van der Waals surface area (Å²) in [5.74, 6) is 0.451. The number of guanidine groups is 1. The van der Waals surface area contributed by atoms with Crippen LogP contribution in [0.4, 0.5) is 5.69 Å². The van der Waals surface area contributed by atoms with E-state index in [1.165, 1.54) is 12.1 Å². The van der Waals surface area contributed by atoms with E-state index in [1.807, 2.05) is 29.2 Å². The number of aliphatic imine (C=N–C) groups is 1. The average molecular weight is 536 g/mol. The first-order chi connectivity index (χ1) is 12.8. The van der Waals surface area contributed by atoms with Crippen LogP contribution < -0.4 is 15.8 Å². The molecule has 28 heavy (non-hydrogen) atoms. The molecule has 0 spiro atoms. The molecule has 4 N–H and O–H groups in total. The maximum absolute atomic E-state index is 11.4. The van der Waals surface area contributed by atoms with Gasteiger partial charge in [-0.05, 0) is 42.0 Å². The molecule has 1 saturated heterocycles. The number of primary sulfonamides is 1. The summed E-state index contributed by atoms with van der Waals surface area (Å²) in [7, 11) is -3.72. The lowest BCUT2D eigenvalue weighted by Crippen LogP contribution is -2.51. The molecule has 1 heterocycles. The van der Waals surface area contributed by atoms with Gasteiger partial charge in [-0.3, -0.25) is 0 Å². The van der Waals surface area contributed by atoms with Crippen molar-refractivity contribution in [2.75, 3.05) is 31.1 Å². The Kier molecular flexibility index (Phi) is 7.93. The molecule has 1 aliphatic rings. The second-order valence-corrected chi connectivity index (χ2v) is 8.32. The van der Waals surface area contributed by atoms with Crippen LogP contribution in [0.15, 0.2) is 58.4 Å². The predicted molar refractivity (Wildman–Crippen MR) is 124 cm³/mol. The zero-order chi connectivity index (χ0) is 19.4. The third-order valence-corrected chi connectivity index (χ3v) is 5.61. The van der Waals surface area contributed by atoms with Crippen LogP contribution in [0, 0.1) is 0 Å². The molecule has 0 bridgehead atoms. The van der Waals surface area contributed by atoms with Crippen LogP contribution in [0.5, 0.6) is 0 Å². The summed E-state index contributed by atoms with van der Waals surface area (Å²) >= 11 is 5.94. The second-order valence-electron chi connectivity index (χ2n) is 6.32. The van der Waals surface area contributed by atoms with Gasteiger partial charge in [-0.15, -0.1) is 24.0 Å². The lowest BCUT2D eigenvalue weighted by Gasteiger charge is -2.36. The Morgan fingerprint density at radius 3 is 2.32 bits per heavy atom. The zero-order valence-corrected chi connectivity index (χ0v) is 19.1. The largest absolute Gasteiger partial charge is 0.370 e. The van der Waals surface area contributed by atoms with Crippen molar-refractivity contribution >= 4 is 57.2 Å². The second kappa shape index (κ2) is 9.77. The van der Waals surface area contributed by atoms with Crippen LogP contribution >= 0.6 is 35.6 Å². The van der Waals surface area contributed by atoms with E-state index in [4.69, 9.17) is 22.5 Å². The Balaban J connectivity index is 0.00000280. The number of hydrogen-bond acceptors (Lipinski definition) is 4. The minimum atomic E-state index is -3.72. The van der Waals surface area contributed by atoms with Crippen LogP contribution in [0.2, 0.25) is 5.02 Å². The molecule has 0 radical (unpaired) electrons. The quantitative estimate of drug-likeness (QED) is 0.355. The third-order valence-electron chi connectivity index (χ3n) is 4.45. The number of hydrogen-bond donors (Lipinski definition) is 2. The number of benzene rings is 2. The van der Waals surface area contributed by atoms with Gasteiger partial charge in [0.15, 0.2) is 5.96 Å². The number of nitrogens with zero attached hydrogens (tertiary/aromatic N) is 3. The lowest BCUT2D eigenvalue weighted by atomic mass is 10.2. The Bertz CT molecular complexity index is 929. The van der Waals surface area contributed by atoms with Gasteiger partial charge in [-0.25, -0.2) is 18.5 Å². The summed E-state index contributed by atoms with van der Waals surface area (Å²) in [5, 5.41) is 5.88. The molecule has 10 heteroatoms. The van der Waals surface area contributed by atoms with Gasteiger partial charge in [0, 0.05) is 36.9 Å². The highest BCUT2D eigenvalue weighted by Crippen LogP contribution is 2.19. The van der Waals surface area contributed by atoms with Crippen molar-refractivity contribution in [1.29, 1.82) is 0 Å². The van der Waals surface area contributed by atoms with Crippen LogP contribution in [0.1, 0.15) is 5.56 Å². The molecule has 1 fully saturated rings. The predicted octanol–water partition coefficient (Wildman–Crippen LogP) is 2.24. The van der Waals surface area contributed by atoms with Crippen molar-refractivity contribution in [3.05, 3.63) is 59.1 Å². The van der Waals surface area contributed by atoms with Gasteiger partial charge in [0.1, 0.15) is 0 Å². The summed E-state index contributed by atoms with van der Waals surface area (Å²) in [6.07, 6.45) is 0. The van der Waals surface area contributed by atoms with Crippen LogP contribution in [-0.4, -0.2) is 45.5 Å². The molecule has 2 aromatic carbocycles. The highest BCUT2D eigenvalue weighted by atomic mass is 127. The third kappa shape index (κ3) is 5.97. The molecule has 7 nitrogen and oxygen atoms in total. The zero-order valence-electron chi connectivity index (χ0n) is 15.2. The number of halogens is 2. The highest BCUT2D eigenvalue weighted by molar-refractivity contribution is 14.0. The minimum absolute atomic E-state index is 0. The molecule has 152 valence electrons. The normalized spacial score (nSPS) is 15.3. The van der Waals surface area contributed by atoms with E-state index in [9.17, 15) is 8.42 Å². The number of rotatable bonds is 4. The smallest absolute Gasteiger partial charge is 0.238 e. The van der Waals surface area contributed by atoms with Gasteiger partial charge in [-0.1, -0.05) is 23.7 Å². The molecule has 3 rings (SSSR count). The van der Waals surface area contributed by atoms with E-state index in [-0.39, 0.29) is 28.9 Å². The monoisotopic (exact) mass is 535 g/mol. The maximum atomic E-state index is 11.4. The Morgan fingerprint density at radius 1 is 1.07 bits per heavy atom. The number of sulfonamides is 1. The summed E-state index contributed by atoms with van der Waals surface area (Å²) in [5.41, 5.74) is 7.99. The Morgan fingerprint density at radius 2 is 1.71 bits per heavy atom. The minimum Gasteiger partial charge on any atom is -0.370 e.